The number of hydrogen-bond acceptors (Lipinski definition) is 4. The third-order valence-corrected chi connectivity index (χ3v) is 7.02. The van der Waals surface area contributed by atoms with E-state index in [2.05, 4.69) is 6.07 Å². The number of aromatic nitrogens is 1. The summed E-state index contributed by atoms with van der Waals surface area (Å²) < 4.78 is 26.6. The number of benzene rings is 3. The maximum absolute atomic E-state index is 13.9. The van der Waals surface area contributed by atoms with E-state index >= 15 is 0 Å². The van der Waals surface area contributed by atoms with E-state index in [-0.39, 0.29) is 11.7 Å². The predicted molar refractivity (Wildman–Crippen MR) is 144 cm³/mol. The van der Waals surface area contributed by atoms with E-state index in [4.69, 9.17) is 14.9 Å². The van der Waals surface area contributed by atoms with Gasteiger partial charge < -0.3 is 18.9 Å². The van der Waals surface area contributed by atoms with Crippen LogP contribution in [-0.4, -0.2) is 36.1 Å². The van der Waals surface area contributed by atoms with Gasteiger partial charge in [-0.15, -0.1) is 0 Å². The zero-order chi connectivity index (χ0) is 26.8. The number of nitrogens with one attached hydrogen (secondary N) is 1. The first-order valence-electron chi connectivity index (χ1n) is 12.5. The molecule has 1 aliphatic rings. The van der Waals surface area contributed by atoms with E-state index in [1.807, 2.05) is 59.0 Å². The van der Waals surface area contributed by atoms with Crippen molar-refractivity contribution >= 4 is 5.91 Å². The number of hydrogen-bond donors (Lipinski definition) is 1. The van der Waals surface area contributed by atoms with Gasteiger partial charge in [0.2, 0.25) is 0 Å². The molecule has 0 unspecified atom stereocenters. The summed E-state index contributed by atoms with van der Waals surface area (Å²) in [4.78, 5) is 15.7. The van der Waals surface area contributed by atoms with Crippen LogP contribution in [0, 0.1) is 18.2 Å². The zero-order valence-electron chi connectivity index (χ0n) is 21.8. The lowest BCUT2D eigenvalue weighted by Crippen LogP contribution is -2.37. The van der Waals surface area contributed by atoms with Crippen LogP contribution in [0.4, 0.5) is 4.39 Å². The molecule has 3 aromatic carbocycles. The summed E-state index contributed by atoms with van der Waals surface area (Å²) in [6, 6.07) is 19.9. The van der Waals surface area contributed by atoms with Gasteiger partial charge >= 0.3 is 0 Å². The highest BCUT2D eigenvalue weighted by Crippen LogP contribution is 2.35. The number of carbonyl (C=O) groups is 1. The lowest BCUT2D eigenvalue weighted by Gasteiger charge is -2.31. The van der Waals surface area contributed by atoms with Crippen LogP contribution in [0.2, 0.25) is 0 Å². The quantitative estimate of drug-likeness (QED) is 0.364. The maximum atomic E-state index is 13.9. The Kier molecular flexibility index (Phi) is 7.01. The normalized spacial score (nSPS) is 12.8. The summed E-state index contributed by atoms with van der Waals surface area (Å²) >= 11 is 0. The van der Waals surface area contributed by atoms with Gasteiger partial charge in [-0.05, 0) is 95.3 Å². The number of ether oxygens (including phenoxy) is 2. The highest BCUT2D eigenvalue weighted by atomic mass is 19.1. The molecule has 0 atom stereocenters. The van der Waals surface area contributed by atoms with E-state index in [1.165, 1.54) is 12.1 Å². The van der Waals surface area contributed by atoms with Crippen molar-refractivity contribution in [2.75, 3.05) is 20.8 Å². The second-order valence-corrected chi connectivity index (χ2v) is 9.54. The summed E-state index contributed by atoms with van der Waals surface area (Å²) in [6.07, 6.45) is 2.53. The Balaban J connectivity index is 1.57. The number of amides is 1. The molecule has 1 aromatic heterocycles. The molecule has 0 spiro atoms. The van der Waals surface area contributed by atoms with Gasteiger partial charge in [0.05, 0.1) is 14.2 Å². The average molecular weight is 512 g/mol. The summed E-state index contributed by atoms with van der Waals surface area (Å²) in [5, 5.41) is 8.27. The molecule has 0 saturated heterocycles. The number of pyridine rings is 1. The van der Waals surface area contributed by atoms with Crippen LogP contribution in [0.25, 0.3) is 11.1 Å². The van der Waals surface area contributed by atoms with E-state index in [9.17, 15) is 9.18 Å². The van der Waals surface area contributed by atoms with E-state index in [0.717, 1.165) is 33.4 Å². The largest absolute Gasteiger partial charge is 0.497 e. The fourth-order valence-electron chi connectivity index (χ4n) is 5.11. The highest BCUT2D eigenvalue weighted by Gasteiger charge is 2.28. The Labute approximate surface area is 221 Å². The van der Waals surface area contributed by atoms with Crippen molar-refractivity contribution in [3.8, 4) is 22.6 Å². The number of halogens is 1. The Bertz CT molecular complexity index is 1560. The van der Waals surface area contributed by atoms with E-state index in [0.29, 0.717) is 48.6 Å². The Hall–Kier alpha value is -4.39. The molecule has 0 fully saturated rings. The maximum Gasteiger partial charge on any atom is 0.254 e. The van der Waals surface area contributed by atoms with Gasteiger partial charge in [0.1, 0.15) is 22.8 Å². The van der Waals surface area contributed by atoms with Crippen LogP contribution in [0.1, 0.15) is 32.6 Å². The first kappa shape index (κ1) is 25.3. The van der Waals surface area contributed by atoms with Gasteiger partial charge in [-0.2, -0.15) is 0 Å². The van der Waals surface area contributed by atoms with Gasteiger partial charge in [0.25, 0.3) is 5.91 Å². The van der Waals surface area contributed by atoms with Gasteiger partial charge in [0.15, 0.2) is 0 Å². The second kappa shape index (κ2) is 10.5. The molecule has 1 N–H and O–H groups in total. The van der Waals surface area contributed by atoms with Gasteiger partial charge in [-0.25, -0.2) is 4.39 Å². The Morgan fingerprint density at radius 2 is 1.58 bits per heavy atom. The molecule has 6 nitrogen and oxygen atoms in total. The van der Waals surface area contributed by atoms with E-state index in [1.54, 1.807) is 26.4 Å². The molecule has 0 bridgehead atoms. The summed E-state index contributed by atoms with van der Waals surface area (Å²) in [7, 11) is 3.21. The molecule has 38 heavy (non-hydrogen) atoms. The predicted octanol–water partition coefficient (Wildman–Crippen LogP) is 5.35. The average Bonchev–Trinajstić information content (AvgIpc) is 2.91. The number of carbonyl (C=O) groups excluding carboxylic acids is 1. The lowest BCUT2D eigenvalue weighted by atomic mass is 9.86. The minimum Gasteiger partial charge on any atom is -0.497 e. The number of nitrogens with zero attached hydrogens (tertiary/aromatic N) is 2. The Morgan fingerprint density at radius 3 is 2.26 bits per heavy atom. The van der Waals surface area contributed by atoms with Crippen LogP contribution >= 0.6 is 0 Å². The third-order valence-electron chi connectivity index (χ3n) is 7.02. The molecular weight excluding hydrogens is 481 g/mol. The summed E-state index contributed by atoms with van der Waals surface area (Å²) in [6.45, 7) is 3.31. The molecule has 5 rings (SSSR count). The molecule has 0 saturated carbocycles. The minimum absolute atomic E-state index is 0.0555. The fraction of sp³-hybridized carbons (Fsp3) is 0.226. The zero-order valence-corrected chi connectivity index (χ0v) is 21.8. The number of rotatable bonds is 7. The van der Waals surface area contributed by atoms with Crippen molar-refractivity contribution in [2.45, 2.75) is 26.4 Å². The van der Waals surface area contributed by atoms with Crippen molar-refractivity contribution < 1.29 is 18.7 Å². The summed E-state index contributed by atoms with van der Waals surface area (Å²) in [5.41, 5.74) is 6.48. The van der Waals surface area contributed by atoms with Crippen molar-refractivity contribution in [1.82, 2.24) is 9.47 Å². The van der Waals surface area contributed by atoms with Crippen molar-refractivity contribution in [1.29, 1.82) is 5.41 Å². The molecule has 194 valence electrons. The fourth-order valence-corrected chi connectivity index (χ4v) is 5.11. The molecule has 4 aromatic rings. The van der Waals surface area contributed by atoms with Crippen molar-refractivity contribution in [2.24, 2.45) is 0 Å². The first-order valence-corrected chi connectivity index (χ1v) is 12.5. The van der Waals surface area contributed by atoms with Crippen LogP contribution in [0.15, 0.2) is 72.9 Å². The van der Waals surface area contributed by atoms with Crippen LogP contribution in [0.3, 0.4) is 0 Å². The van der Waals surface area contributed by atoms with Crippen molar-refractivity contribution in [3.05, 3.63) is 112 Å². The smallest absolute Gasteiger partial charge is 0.254 e. The molecule has 7 heteroatoms. The van der Waals surface area contributed by atoms with E-state index < -0.39 is 0 Å². The molecule has 1 amide bonds. The van der Waals surface area contributed by atoms with Crippen molar-refractivity contribution in [3.63, 3.8) is 0 Å². The topological polar surface area (TPSA) is 67.5 Å². The minimum atomic E-state index is -0.286. The van der Waals surface area contributed by atoms with Crippen LogP contribution in [-0.2, 0) is 19.5 Å². The first-order chi connectivity index (χ1) is 18.4. The standard InChI is InChI=1S/C31H30FN3O3/c1-20-12-23(32)7-8-26(20)28-15-22(18-34-10-5-4-6-30(34)33)16-29-27(28)9-11-35(31(29)36)19-21-13-24(37-2)17-25(14-21)38-3/h4-8,10,12-17,33H,9,11,18-19H2,1-3H3. The second-order valence-electron chi connectivity index (χ2n) is 9.54. The van der Waals surface area contributed by atoms with Crippen LogP contribution in [0.5, 0.6) is 11.5 Å². The van der Waals surface area contributed by atoms with Gasteiger partial charge in [-0.3, -0.25) is 10.2 Å². The molecule has 0 aliphatic carbocycles. The monoisotopic (exact) mass is 511 g/mol. The SMILES string of the molecule is COc1cc(CN2CCc3c(cc(Cn4ccccc4=N)cc3-c3ccc(F)cc3C)C2=O)cc(OC)c1. The molecule has 0 radical (unpaired) electrons. The van der Waals surface area contributed by atoms with Gasteiger partial charge in [0, 0.05) is 37.5 Å². The molecule has 2 heterocycles. The van der Waals surface area contributed by atoms with Crippen LogP contribution < -0.4 is 15.0 Å². The molecule has 1 aliphatic heterocycles. The number of fused-ring (bicyclic) bond motifs is 1. The number of aryl methyl sites for hydroxylation is 1. The third kappa shape index (κ3) is 5.05. The highest BCUT2D eigenvalue weighted by molar-refractivity contribution is 5.99. The molecular formula is C31H30FN3O3. The lowest BCUT2D eigenvalue weighted by molar-refractivity contribution is 0.0726. The number of methoxy groups -OCH3 is 2. The van der Waals surface area contributed by atoms with Gasteiger partial charge in [-0.1, -0.05) is 12.1 Å². The summed E-state index contributed by atoms with van der Waals surface area (Å²) in [5.74, 6) is 1.00. The Morgan fingerprint density at radius 1 is 0.868 bits per heavy atom.